The summed E-state index contributed by atoms with van der Waals surface area (Å²) in [6.07, 6.45) is 20.8. The van der Waals surface area contributed by atoms with Crippen LogP contribution >= 0.6 is 0 Å². The smallest absolute Gasteiger partial charge is 0.223 e. The van der Waals surface area contributed by atoms with Crippen LogP contribution in [0.25, 0.3) is 0 Å². The fourth-order valence-electron chi connectivity index (χ4n) is 12.5. The van der Waals surface area contributed by atoms with E-state index >= 15 is 0 Å². The number of anilines is 8. The number of halogens is 1. The molecule has 1 unspecified atom stereocenters. The third kappa shape index (κ3) is 14.7. The second kappa shape index (κ2) is 26.8. The molecule has 0 bridgehead atoms. The predicted octanol–water partition coefficient (Wildman–Crippen LogP) is 3.90. The van der Waals surface area contributed by atoms with Crippen molar-refractivity contribution in [3.05, 3.63) is 84.4 Å². The number of carbonyl (C=O) groups excluding carboxylic acids is 1. The number of nitrogens with zero attached hydrogens (tertiary/aromatic N) is 12. The van der Waals surface area contributed by atoms with E-state index in [9.17, 15) is 26.0 Å². The van der Waals surface area contributed by atoms with Gasteiger partial charge in [0, 0.05) is 141 Å². The number of nitrogen functional groups attached to an aromatic ring is 4. The molecule has 444 valence electrons. The van der Waals surface area contributed by atoms with Gasteiger partial charge in [-0.25, -0.2) is 21.2 Å². The van der Waals surface area contributed by atoms with Crippen molar-refractivity contribution in [1.82, 2.24) is 38.9 Å². The number of ether oxygens (including phenoxy) is 1. The topological polar surface area (TPSA) is 276 Å². The van der Waals surface area contributed by atoms with Gasteiger partial charge in [0.1, 0.15) is 9.84 Å². The van der Waals surface area contributed by atoms with E-state index in [1.54, 1.807) is 35.3 Å². The first kappa shape index (κ1) is 60.8. The van der Waals surface area contributed by atoms with E-state index in [-0.39, 0.29) is 16.3 Å². The zero-order valence-corrected chi connectivity index (χ0v) is 49.6. The summed E-state index contributed by atoms with van der Waals surface area (Å²) in [4.78, 5) is 43.1. The SMILES string of the molecule is C=C1CN(C)CCN1C1CCN(c2c(N)cncc2F)CC1.Cc1cncc(N)c1N1CCC(S(=O)(=O)N2CCOCC2)CC1.Cc1cncc(N)c1N1CCC(S(C)(=O)=O)CC1.Cc1cncc(N)c1N1CCN2C(=O)CCC2C1. The number of sulfone groups is 1. The lowest BCUT2D eigenvalue weighted by molar-refractivity contribution is -0.129. The molecule has 1 amide bonds. The van der Waals surface area contributed by atoms with Gasteiger partial charge in [-0.15, -0.1) is 0 Å². The zero-order valence-electron chi connectivity index (χ0n) is 47.9. The summed E-state index contributed by atoms with van der Waals surface area (Å²) in [5.74, 6) is -0.0264. The molecule has 22 nitrogen and oxygen atoms in total. The molecule has 11 heterocycles. The number of aromatic nitrogens is 4. The van der Waals surface area contributed by atoms with Crippen LogP contribution in [0, 0.1) is 26.6 Å². The number of aryl methyl sites for hydroxylation is 3. The second-order valence-corrected chi connectivity index (χ2v) is 27.0. The van der Waals surface area contributed by atoms with Gasteiger partial charge in [0.2, 0.25) is 15.9 Å². The highest BCUT2D eigenvalue weighted by atomic mass is 32.2. The van der Waals surface area contributed by atoms with Crippen LogP contribution in [0.15, 0.2) is 61.9 Å². The maximum Gasteiger partial charge on any atom is 0.223 e. The van der Waals surface area contributed by atoms with Crippen molar-refractivity contribution in [1.29, 1.82) is 0 Å². The Morgan fingerprint density at radius 2 is 0.988 bits per heavy atom. The van der Waals surface area contributed by atoms with Crippen LogP contribution in [0.5, 0.6) is 0 Å². The average Bonchev–Trinajstić information content (AvgIpc) is 4.01. The predicted molar refractivity (Wildman–Crippen MR) is 321 cm³/mol. The van der Waals surface area contributed by atoms with Gasteiger partial charge >= 0.3 is 0 Å². The summed E-state index contributed by atoms with van der Waals surface area (Å²) in [7, 11) is -4.02. The van der Waals surface area contributed by atoms with Crippen molar-refractivity contribution >= 4 is 71.3 Å². The number of likely N-dealkylation sites (N-methyl/N-ethyl adjacent to an activating group) is 1. The molecule has 0 saturated carbocycles. The normalized spacial score (nSPS) is 21.1. The lowest BCUT2D eigenvalue weighted by atomic mass is 10.0. The number of rotatable bonds is 8. The quantitative estimate of drug-likeness (QED) is 0.195. The van der Waals surface area contributed by atoms with Gasteiger partial charge in [-0.1, -0.05) is 6.58 Å². The Hall–Kier alpha value is -6.28. The maximum absolute atomic E-state index is 14.0. The summed E-state index contributed by atoms with van der Waals surface area (Å²) in [6, 6.07) is 0.863. The van der Waals surface area contributed by atoms with Gasteiger partial charge in [0.05, 0.1) is 100 Å². The molecule has 0 aromatic carbocycles. The summed E-state index contributed by atoms with van der Waals surface area (Å²) >= 11 is 0. The van der Waals surface area contributed by atoms with Crippen LogP contribution in [-0.4, -0.2) is 202 Å². The molecule has 0 radical (unpaired) electrons. The molecule has 8 N–H and O–H groups in total. The zero-order chi connectivity index (χ0) is 58.2. The van der Waals surface area contributed by atoms with Gasteiger partial charge in [0.15, 0.2) is 5.82 Å². The molecule has 4 aromatic rings. The van der Waals surface area contributed by atoms with Gasteiger partial charge in [0.25, 0.3) is 0 Å². The summed E-state index contributed by atoms with van der Waals surface area (Å²) < 4.78 is 69.3. The lowest BCUT2D eigenvalue weighted by Crippen LogP contribution is -2.51. The Labute approximate surface area is 478 Å². The number of hydrogen-bond donors (Lipinski definition) is 4. The molecule has 81 heavy (non-hydrogen) atoms. The van der Waals surface area contributed by atoms with Gasteiger partial charge in [-0.3, -0.25) is 29.6 Å². The number of fused-ring (bicyclic) bond motifs is 1. The molecule has 7 saturated heterocycles. The van der Waals surface area contributed by atoms with Gasteiger partial charge < -0.3 is 57.1 Å². The molecule has 7 fully saturated rings. The van der Waals surface area contributed by atoms with E-state index in [4.69, 9.17) is 27.7 Å². The van der Waals surface area contributed by atoms with E-state index in [1.807, 2.05) is 36.8 Å². The molecule has 7 aliphatic rings. The van der Waals surface area contributed by atoms with Crippen LogP contribution in [0.2, 0.25) is 0 Å². The maximum atomic E-state index is 14.0. The van der Waals surface area contributed by atoms with E-state index in [2.05, 4.69) is 58.1 Å². The summed E-state index contributed by atoms with van der Waals surface area (Å²) in [5, 5.41) is -0.516. The fraction of sp³-hybridized carbons (Fsp3) is 0.589. The van der Waals surface area contributed by atoms with Crippen LogP contribution in [0.1, 0.15) is 68.1 Å². The molecule has 25 heteroatoms. The monoisotopic (exact) mass is 1160 g/mol. The Balaban J connectivity index is 0.000000142. The van der Waals surface area contributed by atoms with E-state index in [1.165, 1.54) is 24.3 Å². The highest BCUT2D eigenvalue weighted by molar-refractivity contribution is 7.91. The highest BCUT2D eigenvalue weighted by Gasteiger charge is 2.38. The third-order valence-electron chi connectivity index (χ3n) is 16.8. The van der Waals surface area contributed by atoms with Crippen LogP contribution in [0.4, 0.5) is 49.9 Å². The number of sulfonamides is 1. The number of amides is 1. The Bertz CT molecular complexity index is 2960. The number of piperidine rings is 3. The number of nitrogens with two attached hydrogens (primary N) is 4. The Morgan fingerprint density at radius 3 is 1.47 bits per heavy atom. The van der Waals surface area contributed by atoms with Crippen molar-refractivity contribution < 1.29 is 30.8 Å². The highest BCUT2D eigenvalue weighted by Crippen LogP contribution is 2.35. The number of hydrogen-bond acceptors (Lipinski definition) is 20. The van der Waals surface area contributed by atoms with Crippen molar-refractivity contribution in [2.75, 3.05) is 161 Å². The van der Waals surface area contributed by atoms with Crippen LogP contribution in [0.3, 0.4) is 0 Å². The minimum Gasteiger partial charge on any atom is -0.396 e. The summed E-state index contributed by atoms with van der Waals surface area (Å²) in [5.41, 5.74) is 34.3. The first-order chi connectivity index (χ1) is 38.6. The van der Waals surface area contributed by atoms with Crippen LogP contribution in [-0.2, 0) is 29.4 Å². The molecule has 7 aliphatic heterocycles. The molecule has 0 spiro atoms. The molecule has 0 aliphatic carbocycles. The van der Waals surface area contributed by atoms with Crippen molar-refractivity contribution in [3.63, 3.8) is 0 Å². The van der Waals surface area contributed by atoms with Crippen molar-refractivity contribution in [2.45, 2.75) is 94.7 Å². The lowest BCUT2D eigenvalue weighted by Gasteiger charge is -2.45. The second-order valence-electron chi connectivity index (χ2n) is 22.4. The van der Waals surface area contributed by atoms with Crippen LogP contribution < -0.4 is 42.5 Å². The van der Waals surface area contributed by atoms with E-state index in [0.29, 0.717) is 112 Å². The first-order valence-electron chi connectivity index (χ1n) is 28.3. The largest absolute Gasteiger partial charge is 0.396 e. The molecule has 4 aromatic heterocycles. The third-order valence-corrected chi connectivity index (χ3v) is 20.9. The van der Waals surface area contributed by atoms with Crippen molar-refractivity contribution in [3.8, 4) is 0 Å². The van der Waals surface area contributed by atoms with E-state index < -0.39 is 19.9 Å². The minimum atomic E-state index is -3.23. The molecule has 1 atom stereocenters. The van der Waals surface area contributed by atoms with Gasteiger partial charge in [-0.2, -0.15) is 4.31 Å². The molecular weight excluding hydrogens is 1080 g/mol. The van der Waals surface area contributed by atoms with Gasteiger partial charge in [-0.05, 0) is 89.5 Å². The number of carbonyl (C=O) groups is 1. The molecular formula is C56H85FN16O6S2. The Morgan fingerprint density at radius 1 is 0.543 bits per heavy atom. The molecule has 11 rings (SSSR count). The average molecular weight is 1160 g/mol. The minimum absolute atomic E-state index is 0.211. The fourth-order valence-corrected chi connectivity index (χ4v) is 15.5. The van der Waals surface area contributed by atoms with E-state index in [0.717, 1.165) is 124 Å². The first-order valence-corrected chi connectivity index (χ1v) is 31.7. The van der Waals surface area contributed by atoms with Crippen molar-refractivity contribution in [2.24, 2.45) is 0 Å². The number of piperazine rings is 2. The Kier molecular flexibility index (Phi) is 20.1. The number of morpholine rings is 1. The number of pyridine rings is 4. The summed E-state index contributed by atoms with van der Waals surface area (Å²) in [6.45, 7) is 22.2. The standard InChI is InChI=1S/C16H24FN5.C15H24N4O3S.C13H18N4O.C12H19N3O2S/c1-12-11-20(2)7-8-22(12)13-3-5-21(6-4-13)16-14(17)9-19-10-15(16)18;1-12-10-17-11-14(16)15(12)18-4-2-13(3-5-18)23(20,21)19-6-8-22-9-7-19;1-9-6-15-7-11(14)13(9)16-4-5-17-10(8-16)2-3-12(17)18;1-9-7-14-8-11(13)12(9)15-5-3-10(4-6-15)18(2,16)17/h9-10,13H,1,3-8,11,18H2,2H3;10-11,13H,2-9,16H2,1H3;6-7,10H,2-5,8,14H2,1H3;7-8,10H,3-6,13H2,1-2H3.